The van der Waals surface area contributed by atoms with Gasteiger partial charge in [0.15, 0.2) is 27.1 Å². The molecule has 5 rings (SSSR count). The molecule has 4 aromatic heterocycles. The van der Waals surface area contributed by atoms with Crippen molar-refractivity contribution in [2.45, 2.75) is 43.5 Å². The molecule has 0 atom stereocenters. The second kappa shape index (κ2) is 7.30. The van der Waals surface area contributed by atoms with Crippen LogP contribution in [0.1, 0.15) is 38.4 Å². The van der Waals surface area contributed by atoms with Crippen molar-refractivity contribution < 1.29 is 17.2 Å². The van der Waals surface area contributed by atoms with Crippen LogP contribution in [0.5, 0.6) is 0 Å². The largest absolute Gasteiger partial charge is 0.309 e. The van der Waals surface area contributed by atoms with Gasteiger partial charge in [-0.2, -0.15) is 8.78 Å². The minimum atomic E-state index is -3.74. The van der Waals surface area contributed by atoms with Gasteiger partial charge in [-0.25, -0.2) is 18.1 Å². The summed E-state index contributed by atoms with van der Waals surface area (Å²) in [5.74, 6) is -2.78. The van der Waals surface area contributed by atoms with Gasteiger partial charge in [0.2, 0.25) is 0 Å². The van der Waals surface area contributed by atoms with Crippen LogP contribution < -0.4 is 0 Å². The molecule has 0 saturated heterocycles. The van der Waals surface area contributed by atoms with E-state index in [1.807, 2.05) is 0 Å². The van der Waals surface area contributed by atoms with Gasteiger partial charge in [0.25, 0.3) is 5.92 Å². The van der Waals surface area contributed by atoms with Gasteiger partial charge in [-0.15, -0.1) is 15.3 Å². The van der Waals surface area contributed by atoms with Gasteiger partial charge in [-0.1, -0.05) is 6.92 Å². The van der Waals surface area contributed by atoms with Crippen LogP contribution in [0, 0.1) is 0 Å². The molecular weight excluding hydrogens is 456 g/mol. The number of nitrogens with zero attached hydrogens (tertiary/aromatic N) is 9. The lowest BCUT2D eigenvalue weighted by atomic mass is 10.2. The summed E-state index contributed by atoms with van der Waals surface area (Å²) >= 11 is 0. The van der Waals surface area contributed by atoms with Crippen molar-refractivity contribution in [3.63, 3.8) is 0 Å². The Labute approximate surface area is 186 Å². The summed E-state index contributed by atoms with van der Waals surface area (Å²) in [4.78, 5) is 8.71. The number of aryl methyl sites for hydroxylation is 1. The third-order valence-corrected chi connectivity index (χ3v) is 7.23. The zero-order valence-electron chi connectivity index (χ0n) is 17.9. The van der Waals surface area contributed by atoms with Crippen LogP contribution in [-0.4, -0.2) is 59.1 Å². The first kappa shape index (κ1) is 21.4. The molecule has 0 amide bonds. The highest BCUT2D eigenvalue weighted by molar-refractivity contribution is 7.91. The predicted molar refractivity (Wildman–Crippen MR) is 112 cm³/mol. The van der Waals surface area contributed by atoms with Gasteiger partial charge in [0, 0.05) is 25.7 Å². The fraction of sp³-hybridized carbons (Fsp3) is 0.421. The first-order valence-corrected chi connectivity index (χ1v) is 11.8. The van der Waals surface area contributed by atoms with Crippen molar-refractivity contribution in [3.05, 3.63) is 24.0 Å². The Bertz CT molecular complexity index is 1490. The average molecular weight is 475 g/mol. The monoisotopic (exact) mass is 475 g/mol. The van der Waals surface area contributed by atoms with E-state index in [0.29, 0.717) is 18.3 Å². The highest BCUT2D eigenvalue weighted by atomic mass is 32.2. The minimum Gasteiger partial charge on any atom is -0.309 e. The lowest BCUT2D eigenvalue weighted by molar-refractivity contribution is 0.0120. The van der Waals surface area contributed by atoms with Crippen LogP contribution in [0.25, 0.3) is 34.1 Å². The van der Waals surface area contributed by atoms with Crippen molar-refractivity contribution in [1.29, 1.82) is 0 Å². The summed E-state index contributed by atoms with van der Waals surface area (Å²) in [6, 6.07) is 2.80. The Balaban J connectivity index is 1.70. The van der Waals surface area contributed by atoms with Crippen molar-refractivity contribution in [3.8, 4) is 22.9 Å². The molecule has 0 unspecified atom stereocenters. The zero-order valence-corrected chi connectivity index (χ0v) is 18.8. The number of imidazole rings is 1. The summed E-state index contributed by atoms with van der Waals surface area (Å²) in [7, 11) is -2.15. The van der Waals surface area contributed by atoms with Crippen molar-refractivity contribution in [2.75, 3.05) is 5.75 Å². The van der Waals surface area contributed by atoms with Crippen LogP contribution in [0.3, 0.4) is 0 Å². The van der Waals surface area contributed by atoms with Crippen molar-refractivity contribution in [2.24, 2.45) is 7.05 Å². The Morgan fingerprint density at radius 1 is 1.15 bits per heavy atom. The van der Waals surface area contributed by atoms with E-state index < -0.39 is 21.5 Å². The molecule has 11 nitrogen and oxygen atoms in total. The number of hydrogen-bond donors (Lipinski definition) is 0. The number of aromatic nitrogens is 9. The molecule has 172 valence electrons. The number of halogens is 2. The molecule has 0 N–H and O–H groups in total. The highest BCUT2D eigenvalue weighted by Gasteiger charge is 2.31. The number of sulfone groups is 1. The van der Waals surface area contributed by atoms with Crippen molar-refractivity contribution in [1.82, 2.24) is 44.9 Å². The summed E-state index contributed by atoms with van der Waals surface area (Å²) in [5.41, 5.74) is 0.380. The first-order valence-electron chi connectivity index (χ1n) is 10.2. The maximum atomic E-state index is 13.7. The molecule has 4 heterocycles. The van der Waals surface area contributed by atoms with E-state index in [4.69, 9.17) is 0 Å². The molecule has 14 heteroatoms. The number of pyridine rings is 1. The van der Waals surface area contributed by atoms with Gasteiger partial charge in [-0.3, -0.25) is 4.98 Å². The molecule has 4 aromatic rings. The van der Waals surface area contributed by atoms with E-state index in [1.165, 1.54) is 23.8 Å². The predicted octanol–water partition coefficient (Wildman–Crippen LogP) is 2.32. The summed E-state index contributed by atoms with van der Waals surface area (Å²) in [6.45, 7) is 2.24. The molecular formula is C19H19F2N9O2S. The van der Waals surface area contributed by atoms with Gasteiger partial charge >= 0.3 is 0 Å². The normalized spacial score (nSPS) is 14.8. The molecule has 0 aliphatic heterocycles. The van der Waals surface area contributed by atoms with E-state index in [9.17, 15) is 17.2 Å². The van der Waals surface area contributed by atoms with E-state index in [-0.39, 0.29) is 39.4 Å². The van der Waals surface area contributed by atoms with Crippen LogP contribution in [0.4, 0.5) is 8.78 Å². The van der Waals surface area contributed by atoms with E-state index in [0.717, 1.165) is 18.9 Å². The zero-order chi connectivity index (χ0) is 23.5. The quantitative estimate of drug-likeness (QED) is 0.412. The molecule has 0 radical (unpaired) electrons. The average Bonchev–Trinajstić information content (AvgIpc) is 3.42. The molecule has 33 heavy (non-hydrogen) atoms. The molecule has 1 fully saturated rings. The van der Waals surface area contributed by atoms with E-state index in [1.54, 1.807) is 11.7 Å². The number of tetrazole rings is 1. The molecule has 0 spiro atoms. The van der Waals surface area contributed by atoms with Crippen LogP contribution in [0.15, 0.2) is 23.2 Å². The number of alkyl halides is 2. The van der Waals surface area contributed by atoms with Gasteiger partial charge < -0.3 is 4.57 Å². The standard InChI is InChI=1S/C19H19F2N9O2S/c1-4-33(31,32)13-7-10(16-26-27-28-30(16)11-5-6-11)9-22-15(13)18-23-12-8-14(19(2,20)21)24-25-17(12)29(18)3/h7-9,11H,4-6H2,1-3H3. The first-order chi connectivity index (χ1) is 15.6. The molecule has 1 aliphatic carbocycles. The maximum absolute atomic E-state index is 13.7. The van der Waals surface area contributed by atoms with Gasteiger partial charge in [-0.05, 0) is 35.4 Å². The number of fused-ring (bicyclic) bond motifs is 1. The fourth-order valence-corrected chi connectivity index (χ4v) is 4.54. The van der Waals surface area contributed by atoms with Crippen molar-refractivity contribution >= 4 is 21.0 Å². The van der Waals surface area contributed by atoms with E-state index >= 15 is 0 Å². The lowest BCUT2D eigenvalue weighted by Gasteiger charge is -2.11. The van der Waals surface area contributed by atoms with Crippen LogP contribution in [0.2, 0.25) is 0 Å². The second-order valence-electron chi connectivity index (χ2n) is 7.97. The molecule has 1 aliphatic rings. The number of rotatable bonds is 6. The summed E-state index contributed by atoms with van der Waals surface area (Å²) < 4.78 is 56.5. The topological polar surface area (TPSA) is 134 Å². The van der Waals surface area contributed by atoms with Gasteiger partial charge in [0.05, 0.1) is 16.7 Å². The Morgan fingerprint density at radius 3 is 2.58 bits per heavy atom. The minimum absolute atomic E-state index is 0.0553. The SMILES string of the molecule is CCS(=O)(=O)c1cc(-c2nnnn2C2CC2)cnc1-c1nc2cc(C(C)(F)F)nnc2n1C. The van der Waals surface area contributed by atoms with E-state index in [2.05, 4.69) is 35.7 Å². The highest BCUT2D eigenvalue weighted by Crippen LogP contribution is 2.38. The summed E-state index contributed by atoms with van der Waals surface area (Å²) in [5, 5.41) is 19.2. The third kappa shape index (κ3) is 3.63. The Hall–Kier alpha value is -3.42. The maximum Gasteiger partial charge on any atom is 0.288 e. The third-order valence-electron chi connectivity index (χ3n) is 5.49. The Kier molecular flexibility index (Phi) is 4.74. The second-order valence-corrected chi connectivity index (χ2v) is 10.2. The van der Waals surface area contributed by atoms with Gasteiger partial charge in [0.1, 0.15) is 16.9 Å². The molecule has 1 saturated carbocycles. The fourth-order valence-electron chi connectivity index (χ4n) is 3.49. The lowest BCUT2D eigenvalue weighted by Crippen LogP contribution is -2.11. The molecule has 0 aromatic carbocycles. The smallest absolute Gasteiger partial charge is 0.288 e. The summed E-state index contributed by atoms with van der Waals surface area (Å²) in [6.07, 6.45) is 3.37. The molecule has 0 bridgehead atoms. The Morgan fingerprint density at radius 2 is 1.91 bits per heavy atom. The van der Waals surface area contributed by atoms with Crippen LogP contribution >= 0.6 is 0 Å². The number of hydrogen-bond acceptors (Lipinski definition) is 9. The van der Waals surface area contributed by atoms with Crippen LogP contribution in [-0.2, 0) is 22.8 Å².